The lowest BCUT2D eigenvalue weighted by Gasteiger charge is -2.44. The second-order valence-electron chi connectivity index (χ2n) is 4.20. The highest BCUT2D eigenvalue weighted by Gasteiger charge is 2.57. The fraction of sp³-hybridized carbons (Fsp3) is 1.00. The number of hydrogen-bond donors (Lipinski definition) is 1. The van der Waals surface area contributed by atoms with Crippen LogP contribution in [0.1, 0.15) is 33.1 Å². The molecule has 0 bridgehead atoms. The van der Waals surface area contributed by atoms with Crippen LogP contribution in [-0.2, 0) is 0 Å². The van der Waals surface area contributed by atoms with E-state index in [1.165, 1.54) is 0 Å². The molecule has 4 heteroatoms. The third-order valence-corrected chi connectivity index (χ3v) is 3.44. The van der Waals surface area contributed by atoms with Gasteiger partial charge in [0.1, 0.15) is 5.54 Å². The van der Waals surface area contributed by atoms with E-state index < -0.39 is 17.6 Å². The van der Waals surface area contributed by atoms with Crippen molar-refractivity contribution >= 4 is 0 Å². The third kappa shape index (κ3) is 1.68. The quantitative estimate of drug-likeness (QED) is 0.632. The number of nitrogens with two attached hydrogens (primary N) is 1. The zero-order valence-corrected chi connectivity index (χ0v) is 7.99. The SMILES string of the molecule is CC1CCCC(N)(C(F)(F)F)C1C. The van der Waals surface area contributed by atoms with Crippen LogP contribution in [0.4, 0.5) is 13.2 Å². The van der Waals surface area contributed by atoms with Gasteiger partial charge in [0.05, 0.1) is 0 Å². The molecule has 1 saturated carbocycles. The first-order valence-corrected chi connectivity index (χ1v) is 4.64. The van der Waals surface area contributed by atoms with Gasteiger partial charge in [-0.05, 0) is 18.3 Å². The molecule has 1 aliphatic rings. The molecule has 0 spiro atoms. The second-order valence-corrected chi connectivity index (χ2v) is 4.20. The Hall–Kier alpha value is -0.250. The van der Waals surface area contributed by atoms with E-state index in [0.717, 1.165) is 6.42 Å². The van der Waals surface area contributed by atoms with Gasteiger partial charge < -0.3 is 5.73 Å². The van der Waals surface area contributed by atoms with Gasteiger partial charge in [0.2, 0.25) is 0 Å². The summed E-state index contributed by atoms with van der Waals surface area (Å²) in [6.45, 7) is 3.45. The zero-order chi connectivity index (χ0) is 10.3. The highest BCUT2D eigenvalue weighted by molar-refractivity contribution is 5.00. The summed E-state index contributed by atoms with van der Waals surface area (Å²) in [5.74, 6) is -0.401. The predicted octanol–water partition coefficient (Wildman–Crippen LogP) is 2.70. The van der Waals surface area contributed by atoms with E-state index in [1.807, 2.05) is 6.92 Å². The molecule has 13 heavy (non-hydrogen) atoms. The lowest BCUT2D eigenvalue weighted by molar-refractivity contribution is -0.212. The first-order valence-electron chi connectivity index (χ1n) is 4.64. The molecule has 1 aliphatic carbocycles. The number of halogens is 3. The van der Waals surface area contributed by atoms with Gasteiger partial charge >= 0.3 is 6.18 Å². The lowest BCUT2D eigenvalue weighted by Crippen LogP contribution is -2.61. The van der Waals surface area contributed by atoms with Gasteiger partial charge in [-0.2, -0.15) is 13.2 Å². The van der Waals surface area contributed by atoms with Crippen molar-refractivity contribution in [3.63, 3.8) is 0 Å². The summed E-state index contributed by atoms with van der Waals surface area (Å²) in [5.41, 5.74) is 3.49. The second kappa shape index (κ2) is 3.15. The van der Waals surface area contributed by atoms with Crippen molar-refractivity contribution in [2.24, 2.45) is 17.6 Å². The van der Waals surface area contributed by atoms with Gasteiger partial charge in [-0.3, -0.25) is 0 Å². The fourth-order valence-corrected chi connectivity index (χ4v) is 2.10. The van der Waals surface area contributed by atoms with Crippen molar-refractivity contribution in [2.45, 2.75) is 44.8 Å². The maximum absolute atomic E-state index is 12.6. The minimum Gasteiger partial charge on any atom is -0.317 e. The van der Waals surface area contributed by atoms with Crippen LogP contribution in [-0.4, -0.2) is 11.7 Å². The van der Waals surface area contributed by atoms with Gasteiger partial charge in [-0.25, -0.2) is 0 Å². The highest BCUT2D eigenvalue weighted by atomic mass is 19.4. The summed E-state index contributed by atoms with van der Waals surface area (Å²) < 4.78 is 37.9. The molecule has 3 unspecified atom stereocenters. The minimum atomic E-state index is -4.26. The molecule has 0 aromatic rings. The molecule has 78 valence electrons. The topological polar surface area (TPSA) is 26.0 Å². The van der Waals surface area contributed by atoms with E-state index in [2.05, 4.69) is 0 Å². The van der Waals surface area contributed by atoms with Crippen LogP contribution < -0.4 is 5.73 Å². The smallest absolute Gasteiger partial charge is 0.317 e. The molecule has 1 rings (SSSR count). The Kier molecular flexibility index (Phi) is 2.63. The van der Waals surface area contributed by atoms with Crippen LogP contribution in [0.15, 0.2) is 0 Å². The molecule has 0 heterocycles. The zero-order valence-electron chi connectivity index (χ0n) is 7.99. The maximum Gasteiger partial charge on any atom is 0.406 e. The molecule has 1 fully saturated rings. The molecule has 2 N–H and O–H groups in total. The highest BCUT2D eigenvalue weighted by Crippen LogP contribution is 2.45. The van der Waals surface area contributed by atoms with Crippen molar-refractivity contribution in [3.05, 3.63) is 0 Å². The number of hydrogen-bond acceptors (Lipinski definition) is 1. The molecule has 0 aromatic heterocycles. The Bertz CT molecular complexity index is 190. The normalized spacial score (nSPS) is 42.0. The van der Waals surface area contributed by atoms with Crippen molar-refractivity contribution in [1.29, 1.82) is 0 Å². The largest absolute Gasteiger partial charge is 0.406 e. The van der Waals surface area contributed by atoms with Crippen molar-refractivity contribution in [2.75, 3.05) is 0 Å². The van der Waals surface area contributed by atoms with Crippen LogP contribution in [0.3, 0.4) is 0 Å². The Morgan fingerprint density at radius 3 is 2.23 bits per heavy atom. The Morgan fingerprint density at radius 1 is 1.31 bits per heavy atom. The summed E-state index contributed by atoms with van der Waals surface area (Å²) in [4.78, 5) is 0. The van der Waals surface area contributed by atoms with E-state index in [0.29, 0.717) is 6.42 Å². The van der Waals surface area contributed by atoms with Crippen LogP contribution in [0.2, 0.25) is 0 Å². The fourth-order valence-electron chi connectivity index (χ4n) is 2.10. The van der Waals surface area contributed by atoms with Gasteiger partial charge in [-0.1, -0.05) is 26.7 Å². The van der Waals surface area contributed by atoms with Crippen molar-refractivity contribution in [1.82, 2.24) is 0 Å². The van der Waals surface area contributed by atoms with E-state index in [1.54, 1.807) is 6.92 Å². The molecular formula is C9H16F3N. The Morgan fingerprint density at radius 2 is 1.85 bits per heavy atom. The average molecular weight is 195 g/mol. The van der Waals surface area contributed by atoms with Crippen LogP contribution in [0.5, 0.6) is 0 Å². The number of rotatable bonds is 0. The summed E-state index contributed by atoms with van der Waals surface area (Å²) in [6.07, 6.45) is -2.75. The predicted molar refractivity (Wildman–Crippen MR) is 45.2 cm³/mol. The Balaban J connectivity index is 2.88. The molecule has 0 amide bonds. The third-order valence-electron chi connectivity index (χ3n) is 3.44. The van der Waals surface area contributed by atoms with Gasteiger partial charge in [-0.15, -0.1) is 0 Å². The van der Waals surface area contributed by atoms with E-state index in [4.69, 9.17) is 5.73 Å². The van der Waals surface area contributed by atoms with Crippen molar-refractivity contribution < 1.29 is 13.2 Å². The molecule has 1 nitrogen and oxygen atoms in total. The summed E-state index contributed by atoms with van der Waals surface area (Å²) in [6, 6.07) is 0. The Labute approximate surface area is 76.5 Å². The monoisotopic (exact) mass is 195 g/mol. The van der Waals surface area contributed by atoms with E-state index in [-0.39, 0.29) is 12.3 Å². The van der Waals surface area contributed by atoms with Crippen LogP contribution in [0.25, 0.3) is 0 Å². The molecule has 0 saturated heterocycles. The summed E-state index contributed by atoms with van der Waals surface area (Å²) in [5, 5.41) is 0. The van der Waals surface area contributed by atoms with E-state index >= 15 is 0 Å². The molecule has 0 aliphatic heterocycles. The summed E-state index contributed by atoms with van der Waals surface area (Å²) >= 11 is 0. The van der Waals surface area contributed by atoms with Crippen LogP contribution >= 0.6 is 0 Å². The van der Waals surface area contributed by atoms with Crippen LogP contribution in [0, 0.1) is 11.8 Å². The van der Waals surface area contributed by atoms with Gasteiger partial charge in [0.25, 0.3) is 0 Å². The average Bonchev–Trinajstić information content (AvgIpc) is 1.98. The maximum atomic E-state index is 12.6. The first-order chi connectivity index (χ1) is 5.79. The summed E-state index contributed by atoms with van der Waals surface area (Å²) in [7, 11) is 0. The molecule has 0 aromatic carbocycles. The van der Waals surface area contributed by atoms with Gasteiger partial charge in [0, 0.05) is 0 Å². The van der Waals surface area contributed by atoms with E-state index in [9.17, 15) is 13.2 Å². The minimum absolute atomic E-state index is 0.0698. The first kappa shape index (κ1) is 10.8. The molecular weight excluding hydrogens is 179 g/mol. The number of alkyl halides is 3. The van der Waals surface area contributed by atoms with Crippen molar-refractivity contribution in [3.8, 4) is 0 Å². The standard InChI is InChI=1S/C9H16F3N/c1-6-4-3-5-8(13,7(6)2)9(10,11)12/h6-7H,3-5,13H2,1-2H3. The molecule has 0 radical (unpaired) electrons. The lowest BCUT2D eigenvalue weighted by atomic mass is 9.68. The molecule has 3 atom stereocenters. The van der Waals surface area contributed by atoms with Gasteiger partial charge in [0.15, 0.2) is 0 Å².